The zero-order valence-corrected chi connectivity index (χ0v) is 9.31. The fraction of sp³-hybridized carbons (Fsp3) is 0.364. The molecule has 2 rings (SSSR count). The van der Waals surface area contributed by atoms with Crippen LogP contribution < -0.4 is 4.90 Å². The first-order chi connectivity index (χ1) is 7.76. The van der Waals surface area contributed by atoms with Crippen LogP contribution in [0.4, 0.5) is 5.69 Å². The number of hydrogen-bond donors (Lipinski definition) is 0. The van der Waals surface area contributed by atoms with Crippen LogP contribution in [0.1, 0.15) is 12.1 Å². The smallest absolute Gasteiger partial charge is 0.227 e. The molecule has 5 heteroatoms. The van der Waals surface area contributed by atoms with E-state index in [2.05, 4.69) is 4.98 Å². The molecule has 1 aliphatic rings. The Labute approximate surface area is 98.5 Å². The molecule has 2 heterocycles. The summed E-state index contributed by atoms with van der Waals surface area (Å²) >= 11 is 5.74. The lowest BCUT2D eigenvalue weighted by Crippen LogP contribution is -2.25. The van der Waals surface area contributed by atoms with Gasteiger partial charge in [0, 0.05) is 25.0 Å². The van der Waals surface area contributed by atoms with E-state index in [-0.39, 0.29) is 17.5 Å². The molecule has 0 spiro atoms. The van der Waals surface area contributed by atoms with Gasteiger partial charge in [-0.25, -0.2) is 4.98 Å². The summed E-state index contributed by atoms with van der Waals surface area (Å²) in [6.07, 6.45) is 1.99. The average Bonchev–Trinajstić information content (AvgIpc) is 2.70. The number of anilines is 1. The van der Waals surface area contributed by atoms with Crippen molar-refractivity contribution >= 4 is 23.2 Å². The van der Waals surface area contributed by atoms with E-state index in [1.54, 1.807) is 23.2 Å². The summed E-state index contributed by atoms with van der Waals surface area (Å²) in [5, 5.41) is 8.91. The maximum Gasteiger partial charge on any atom is 0.227 e. The molecule has 0 saturated carbocycles. The second kappa shape index (κ2) is 4.50. The SMILES string of the molecule is N#Cc1ncccc1N1CC(CCl)CC1=O. The number of nitriles is 1. The molecule has 0 bridgehead atoms. The molecule has 0 aromatic carbocycles. The van der Waals surface area contributed by atoms with Crippen LogP contribution in [0.2, 0.25) is 0 Å². The molecule has 1 aromatic heterocycles. The van der Waals surface area contributed by atoms with Gasteiger partial charge in [0.05, 0.1) is 5.69 Å². The zero-order chi connectivity index (χ0) is 11.5. The number of carbonyl (C=O) groups is 1. The quantitative estimate of drug-likeness (QED) is 0.731. The summed E-state index contributed by atoms with van der Waals surface area (Å²) < 4.78 is 0. The number of rotatable bonds is 2. The van der Waals surface area contributed by atoms with E-state index in [4.69, 9.17) is 16.9 Å². The number of hydrogen-bond acceptors (Lipinski definition) is 3. The first kappa shape index (κ1) is 10.9. The van der Waals surface area contributed by atoms with Gasteiger partial charge >= 0.3 is 0 Å². The van der Waals surface area contributed by atoms with E-state index < -0.39 is 0 Å². The van der Waals surface area contributed by atoms with E-state index in [1.165, 1.54) is 0 Å². The lowest BCUT2D eigenvalue weighted by atomic mass is 10.1. The van der Waals surface area contributed by atoms with Gasteiger partial charge in [-0.05, 0) is 18.1 Å². The Hall–Kier alpha value is -1.60. The van der Waals surface area contributed by atoms with Gasteiger partial charge in [-0.15, -0.1) is 11.6 Å². The summed E-state index contributed by atoms with van der Waals surface area (Å²) in [5.74, 6) is 0.640. The van der Waals surface area contributed by atoms with Gasteiger partial charge in [0.15, 0.2) is 5.69 Å². The number of nitrogens with zero attached hydrogens (tertiary/aromatic N) is 3. The summed E-state index contributed by atoms with van der Waals surface area (Å²) in [5.41, 5.74) is 0.869. The largest absolute Gasteiger partial charge is 0.309 e. The Balaban J connectivity index is 2.32. The molecular formula is C11H10ClN3O. The van der Waals surface area contributed by atoms with Gasteiger partial charge < -0.3 is 4.90 Å². The van der Waals surface area contributed by atoms with Crippen molar-refractivity contribution in [3.63, 3.8) is 0 Å². The highest BCUT2D eigenvalue weighted by Gasteiger charge is 2.31. The molecule has 1 amide bonds. The van der Waals surface area contributed by atoms with Crippen molar-refractivity contribution < 1.29 is 4.79 Å². The topological polar surface area (TPSA) is 57.0 Å². The number of halogens is 1. The molecule has 1 atom stereocenters. The molecular weight excluding hydrogens is 226 g/mol. The minimum absolute atomic E-state index is 0.00940. The van der Waals surface area contributed by atoms with Gasteiger partial charge in [0.2, 0.25) is 5.91 Å². The Bertz CT molecular complexity index is 455. The minimum atomic E-state index is 0.00940. The molecule has 1 unspecified atom stereocenters. The van der Waals surface area contributed by atoms with E-state index in [9.17, 15) is 4.79 Å². The predicted molar refractivity (Wildman–Crippen MR) is 60.1 cm³/mol. The highest BCUT2D eigenvalue weighted by Crippen LogP contribution is 2.27. The van der Waals surface area contributed by atoms with Crippen molar-refractivity contribution in [2.24, 2.45) is 5.92 Å². The van der Waals surface area contributed by atoms with Crippen molar-refractivity contribution in [3.8, 4) is 6.07 Å². The average molecular weight is 236 g/mol. The number of amides is 1. The third kappa shape index (κ3) is 1.86. The van der Waals surface area contributed by atoms with Crippen LogP contribution in [-0.4, -0.2) is 23.3 Å². The van der Waals surface area contributed by atoms with Crippen LogP contribution in [-0.2, 0) is 4.79 Å². The van der Waals surface area contributed by atoms with Gasteiger partial charge in [-0.1, -0.05) is 0 Å². The van der Waals surface area contributed by atoms with Crippen molar-refractivity contribution in [3.05, 3.63) is 24.0 Å². The van der Waals surface area contributed by atoms with Crippen LogP contribution in [0.25, 0.3) is 0 Å². The van der Waals surface area contributed by atoms with Crippen LogP contribution in [0.3, 0.4) is 0 Å². The Morgan fingerprint density at radius 3 is 3.12 bits per heavy atom. The standard InChI is InChI=1S/C11H10ClN3O/c12-5-8-4-11(16)15(7-8)10-2-1-3-14-9(10)6-13/h1-3,8H,4-5,7H2. The first-order valence-electron chi connectivity index (χ1n) is 4.97. The van der Waals surface area contributed by atoms with Crippen molar-refractivity contribution in [1.82, 2.24) is 4.98 Å². The maximum atomic E-state index is 11.7. The molecule has 16 heavy (non-hydrogen) atoms. The van der Waals surface area contributed by atoms with Crippen molar-refractivity contribution in [2.75, 3.05) is 17.3 Å². The summed E-state index contributed by atoms with van der Waals surface area (Å²) in [7, 11) is 0. The van der Waals surface area contributed by atoms with E-state index in [0.717, 1.165) is 0 Å². The first-order valence-corrected chi connectivity index (χ1v) is 5.51. The third-order valence-electron chi connectivity index (χ3n) is 2.61. The van der Waals surface area contributed by atoms with Gasteiger partial charge in [0.25, 0.3) is 0 Å². The molecule has 82 valence electrons. The Kier molecular flexibility index (Phi) is 3.07. The maximum absolute atomic E-state index is 11.7. The predicted octanol–water partition coefficient (Wildman–Crippen LogP) is 1.54. The van der Waals surface area contributed by atoms with E-state index >= 15 is 0 Å². The second-order valence-corrected chi connectivity index (χ2v) is 4.02. The third-order valence-corrected chi connectivity index (χ3v) is 3.04. The van der Waals surface area contributed by atoms with Crippen molar-refractivity contribution in [1.29, 1.82) is 5.26 Å². The van der Waals surface area contributed by atoms with Gasteiger partial charge in [-0.2, -0.15) is 5.26 Å². The monoisotopic (exact) mass is 235 g/mol. The number of pyridine rings is 1. The number of carbonyl (C=O) groups excluding carboxylic acids is 1. The highest BCUT2D eigenvalue weighted by molar-refractivity contribution is 6.18. The molecule has 1 fully saturated rings. The molecule has 0 N–H and O–H groups in total. The Morgan fingerprint density at radius 2 is 2.50 bits per heavy atom. The fourth-order valence-corrected chi connectivity index (χ4v) is 2.03. The van der Waals surface area contributed by atoms with Gasteiger partial charge in [-0.3, -0.25) is 4.79 Å². The normalized spacial score (nSPS) is 19.9. The zero-order valence-electron chi connectivity index (χ0n) is 8.56. The molecule has 0 aliphatic carbocycles. The second-order valence-electron chi connectivity index (χ2n) is 3.71. The molecule has 1 saturated heterocycles. The Morgan fingerprint density at radius 1 is 1.69 bits per heavy atom. The lowest BCUT2D eigenvalue weighted by molar-refractivity contribution is -0.117. The van der Waals surface area contributed by atoms with Gasteiger partial charge in [0.1, 0.15) is 6.07 Å². The molecule has 0 radical (unpaired) electrons. The van der Waals surface area contributed by atoms with Crippen LogP contribution >= 0.6 is 11.6 Å². The molecule has 1 aliphatic heterocycles. The molecule has 4 nitrogen and oxygen atoms in total. The fourth-order valence-electron chi connectivity index (χ4n) is 1.82. The number of aromatic nitrogens is 1. The summed E-state index contributed by atoms with van der Waals surface area (Å²) in [6, 6.07) is 5.44. The van der Waals surface area contributed by atoms with E-state index in [0.29, 0.717) is 24.5 Å². The van der Waals surface area contributed by atoms with E-state index in [1.807, 2.05) is 6.07 Å². The summed E-state index contributed by atoms with van der Waals surface area (Å²) in [6.45, 7) is 0.572. The number of alkyl halides is 1. The summed E-state index contributed by atoms with van der Waals surface area (Å²) in [4.78, 5) is 17.3. The minimum Gasteiger partial charge on any atom is -0.309 e. The van der Waals surface area contributed by atoms with Crippen LogP contribution in [0.15, 0.2) is 18.3 Å². The lowest BCUT2D eigenvalue weighted by Gasteiger charge is -2.16. The molecule has 1 aromatic rings. The highest BCUT2D eigenvalue weighted by atomic mass is 35.5. The van der Waals surface area contributed by atoms with Crippen LogP contribution in [0, 0.1) is 17.2 Å². The van der Waals surface area contributed by atoms with Crippen LogP contribution in [0.5, 0.6) is 0 Å². The van der Waals surface area contributed by atoms with Crippen molar-refractivity contribution in [2.45, 2.75) is 6.42 Å².